The third-order valence-corrected chi connectivity index (χ3v) is 3.47. The molecule has 110 valence electrons. The summed E-state index contributed by atoms with van der Waals surface area (Å²) in [5.74, 6) is 0.499. The molecule has 2 aromatic rings. The molecule has 1 fully saturated rings. The number of aromatic nitrogens is 4. The van der Waals surface area contributed by atoms with Gasteiger partial charge in [0.25, 0.3) is 0 Å². The lowest BCUT2D eigenvalue weighted by molar-refractivity contribution is -0.135. The molecule has 1 amide bonds. The molecular weight excluding hydrogens is 270 g/mol. The van der Waals surface area contributed by atoms with E-state index < -0.39 is 0 Å². The summed E-state index contributed by atoms with van der Waals surface area (Å²) in [6.07, 6.45) is 2.58. The molecule has 1 aliphatic rings. The second-order valence-corrected chi connectivity index (χ2v) is 5.01. The van der Waals surface area contributed by atoms with E-state index in [4.69, 9.17) is 4.74 Å². The summed E-state index contributed by atoms with van der Waals surface area (Å²) < 4.78 is 5.47. The summed E-state index contributed by atoms with van der Waals surface area (Å²) in [5.41, 5.74) is 1.85. The highest BCUT2D eigenvalue weighted by atomic mass is 16.5. The Morgan fingerprint density at radius 2 is 2.38 bits per heavy atom. The van der Waals surface area contributed by atoms with Crippen LogP contribution in [0.4, 0.5) is 0 Å². The Balaban J connectivity index is 1.60. The van der Waals surface area contributed by atoms with Crippen LogP contribution in [0.5, 0.6) is 0 Å². The highest BCUT2D eigenvalue weighted by molar-refractivity contribution is 5.80. The van der Waals surface area contributed by atoms with Crippen molar-refractivity contribution in [2.45, 2.75) is 31.9 Å². The first-order chi connectivity index (χ1) is 10.3. The SMILES string of the molecule is O=C(NCc1cccc(-c2nn[nH]n2)c1)C1CCCCO1. The first-order valence-corrected chi connectivity index (χ1v) is 7.05. The number of carbonyl (C=O) groups is 1. The number of carbonyl (C=O) groups excluding carboxylic acids is 1. The molecule has 0 aliphatic carbocycles. The van der Waals surface area contributed by atoms with E-state index in [1.807, 2.05) is 24.3 Å². The Hall–Kier alpha value is -2.28. The molecule has 1 aliphatic heterocycles. The molecule has 3 rings (SSSR count). The zero-order chi connectivity index (χ0) is 14.5. The minimum absolute atomic E-state index is 0.0420. The monoisotopic (exact) mass is 287 g/mol. The Morgan fingerprint density at radius 3 is 3.14 bits per heavy atom. The summed E-state index contributed by atoms with van der Waals surface area (Å²) in [5, 5.41) is 16.8. The Morgan fingerprint density at radius 1 is 1.43 bits per heavy atom. The van der Waals surface area contributed by atoms with Gasteiger partial charge in [-0.15, -0.1) is 10.2 Å². The molecule has 2 heterocycles. The molecule has 7 nitrogen and oxygen atoms in total. The molecule has 0 saturated carbocycles. The standard InChI is InChI=1S/C14H17N5O2/c20-14(12-6-1-2-7-21-12)15-9-10-4-3-5-11(8-10)13-16-18-19-17-13/h3-5,8,12H,1-2,6-7,9H2,(H,15,20)(H,16,17,18,19). The number of hydrogen-bond acceptors (Lipinski definition) is 5. The summed E-state index contributed by atoms with van der Waals surface area (Å²) in [7, 11) is 0. The van der Waals surface area contributed by atoms with Gasteiger partial charge in [-0.25, -0.2) is 0 Å². The maximum absolute atomic E-state index is 12.0. The van der Waals surface area contributed by atoms with Crippen molar-refractivity contribution in [1.82, 2.24) is 25.9 Å². The van der Waals surface area contributed by atoms with Gasteiger partial charge >= 0.3 is 0 Å². The Labute approximate surface area is 122 Å². The number of hydrogen-bond donors (Lipinski definition) is 2. The lowest BCUT2D eigenvalue weighted by Gasteiger charge is -2.21. The van der Waals surface area contributed by atoms with E-state index in [9.17, 15) is 4.79 Å². The van der Waals surface area contributed by atoms with Gasteiger partial charge in [0.15, 0.2) is 0 Å². The number of tetrazole rings is 1. The second-order valence-electron chi connectivity index (χ2n) is 5.01. The van der Waals surface area contributed by atoms with Crippen molar-refractivity contribution in [2.75, 3.05) is 6.61 Å². The van der Waals surface area contributed by atoms with Crippen molar-refractivity contribution in [3.63, 3.8) is 0 Å². The molecular formula is C14H17N5O2. The number of rotatable bonds is 4. The number of nitrogens with zero attached hydrogens (tertiary/aromatic N) is 3. The largest absolute Gasteiger partial charge is 0.368 e. The fourth-order valence-corrected chi connectivity index (χ4v) is 2.35. The summed E-state index contributed by atoms with van der Waals surface area (Å²) in [6, 6.07) is 7.70. The normalized spacial score (nSPS) is 18.4. The molecule has 21 heavy (non-hydrogen) atoms. The van der Waals surface area contributed by atoms with Gasteiger partial charge in [0, 0.05) is 18.7 Å². The lowest BCUT2D eigenvalue weighted by atomic mass is 10.1. The van der Waals surface area contributed by atoms with Gasteiger partial charge < -0.3 is 10.1 Å². The van der Waals surface area contributed by atoms with Gasteiger partial charge in [-0.05, 0) is 36.1 Å². The van der Waals surface area contributed by atoms with E-state index >= 15 is 0 Å². The van der Waals surface area contributed by atoms with Gasteiger partial charge in [-0.3, -0.25) is 4.79 Å². The van der Waals surface area contributed by atoms with E-state index in [0.717, 1.165) is 30.4 Å². The van der Waals surface area contributed by atoms with Gasteiger partial charge in [0.05, 0.1) is 0 Å². The molecule has 1 aromatic heterocycles. The van der Waals surface area contributed by atoms with Crippen LogP contribution >= 0.6 is 0 Å². The molecule has 0 bridgehead atoms. The number of H-pyrrole nitrogens is 1. The second kappa shape index (κ2) is 6.45. The van der Waals surface area contributed by atoms with Crippen LogP contribution in [-0.2, 0) is 16.1 Å². The molecule has 1 atom stereocenters. The lowest BCUT2D eigenvalue weighted by Crippen LogP contribution is -2.37. The smallest absolute Gasteiger partial charge is 0.249 e. The number of benzene rings is 1. The highest BCUT2D eigenvalue weighted by Gasteiger charge is 2.21. The fourth-order valence-electron chi connectivity index (χ4n) is 2.35. The molecule has 2 N–H and O–H groups in total. The van der Waals surface area contributed by atoms with Crippen LogP contribution in [0.1, 0.15) is 24.8 Å². The molecule has 0 spiro atoms. The van der Waals surface area contributed by atoms with Crippen LogP contribution in [0, 0.1) is 0 Å². The molecule has 1 saturated heterocycles. The van der Waals surface area contributed by atoms with Crippen LogP contribution in [0.15, 0.2) is 24.3 Å². The average molecular weight is 287 g/mol. The van der Waals surface area contributed by atoms with Gasteiger partial charge in [-0.1, -0.05) is 18.2 Å². The average Bonchev–Trinajstić information content (AvgIpc) is 3.08. The first-order valence-electron chi connectivity index (χ1n) is 7.05. The predicted molar refractivity (Wildman–Crippen MR) is 75.1 cm³/mol. The molecule has 7 heteroatoms. The van der Waals surface area contributed by atoms with Gasteiger partial charge in [0.1, 0.15) is 6.10 Å². The van der Waals surface area contributed by atoms with Crippen molar-refractivity contribution < 1.29 is 9.53 Å². The van der Waals surface area contributed by atoms with E-state index in [2.05, 4.69) is 25.9 Å². The third-order valence-electron chi connectivity index (χ3n) is 3.47. The summed E-state index contributed by atoms with van der Waals surface area (Å²) in [4.78, 5) is 12.0. The third kappa shape index (κ3) is 3.43. The predicted octanol–water partition coefficient (Wildman–Crippen LogP) is 1.05. The van der Waals surface area contributed by atoms with Crippen LogP contribution in [0.25, 0.3) is 11.4 Å². The number of amides is 1. The topological polar surface area (TPSA) is 92.8 Å². The van der Waals surface area contributed by atoms with Crippen molar-refractivity contribution >= 4 is 5.91 Å². The van der Waals surface area contributed by atoms with Crippen molar-refractivity contribution in [1.29, 1.82) is 0 Å². The fraction of sp³-hybridized carbons (Fsp3) is 0.429. The molecule has 1 unspecified atom stereocenters. The quantitative estimate of drug-likeness (QED) is 0.877. The van der Waals surface area contributed by atoms with Crippen molar-refractivity contribution in [2.24, 2.45) is 0 Å². The maximum atomic E-state index is 12.0. The van der Waals surface area contributed by atoms with Gasteiger partial charge in [0.2, 0.25) is 11.7 Å². The van der Waals surface area contributed by atoms with Crippen LogP contribution in [-0.4, -0.2) is 39.2 Å². The van der Waals surface area contributed by atoms with Gasteiger partial charge in [-0.2, -0.15) is 5.21 Å². The molecule has 0 radical (unpaired) electrons. The number of ether oxygens (including phenoxy) is 1. The molecule has 1 aromatic carbocycles. The zero-order valence-electron chi connectivity index (χ0n) is 11.6. The summed E-state index contributed by atoms with van der Waals surface area (Å²) in [6.45, 7) is 1.13. The van der Waals surface area contributed by atoms with E-state index in [0.29, 0.717) is 19.0 Å². The first kappa shape index (κ1) is 13.7. The summed E-state index contributed by atoms with van der Waals surface area (Å²) >= 11 is 0. The minimum Gasteiger partial charge on any atom is -0.368 e. The van der Waals surface area contributed by atoms with Crippen LogP contribution in [0.3, 0.4) is 0 Å². The van der Waals surface area contributed by atoms with E-state index in [1.54, 1.807) is 0 Å². The van der Waals surface area contributed by atoms with E-state index in [-0.39, 0.29) is 12.0 Å². The number of nitrogens with one attached hydrogen (secondary N) is 2. The van der Waals surface area contributed by atoms with Crippen LogP contribution < -0.4 is 5.32 Å². The Bertz CT molecular complexity index is 593. The highest BCUT2D eigenvalue weighted by Crippen LogP contribution is 2.16. The zero-order valence-corrected chi connectivity index (χ0v) is 11.6. The van der Waals surface area contributed by atoms with E-state index in [1.165, 1.54) is 0 Å². The van der Waals surface area contributed by atoms with Crippen molar-refractivity contribution in [3.05, 3.63) is 29.8 Å². The van der Waals surface area contributed by atoms with Crippen LogP contribution in [0.2, 0.25) is 0 Å². The maximum Gasteiger partial charge on any atom is 0.249 e. The number of aromatic amines is 1. The minimum atomic E-state index is -0.306. The Kier molecular flexibility index (Phi) is 4.20. The van der Waals surface area contributed by atoms with Crippen molar-refractivity contribution in [3.8, 4) is 11.4 Å².